The van der Waals surface area contributed by atoms with Crippen LogP contribution >= 0.6 is 11.3 Å². The van der Waals surface area contributed by atoms with Crippen LogP contribution in [-0.2, 0) is 25.5 Å². The lowest BCUT2D eigenvalue weighted by Crippen LogP contribution is -2.52. The first-order valence-corrected chi connectivity index (χ1v) is 18.0. The van der Waals surface area contributed by atoms with Crippen molar-refractivity contribution in [3.8, 4) is 5.75 Å². The molecule has 3 aromatic rings. The number of amides is 3. The van der Waals surface area contributed by atoms with Crippen LogP contribution in [0.25, 0.3) is 0 Å². The van der Waals surface area contributed by atoms with Crippen molar-refractivity contribution < 1.29 is 38.5 Å². The first-order valence-electron chi connectivity index (χ1n) is 17.1. The molecule has 1 aromatic heterocycles. The zero-order valence-corrected chi connectivity index (χ0v) is 31.5. The molecule has 3 amide bonds. The molecule has 51 heavy (non-hydrogen) atoms. The SMILES string of the molecule is CC[C@H](C)[C@H](NC(=O)OC(C)(C)C)C(=O)N[C@H](C[C@@H](O)c1nc(C(=O)NC(Cc2ccccc2)CC(C)C(=O)OC)cs1)c1ccc(OC)cc1. The Labute approximate surface area is 304 Å². The van der Waals surface area contributed by atoms with Gasteiger partial charge in [-0.25, -0.2) is 9.78 Å². The van der Waals surface area contributed by atoms with Gasteiger partial charge in [0, 0.05) is 17.8 Å². The van der Waals surface area contributed by atoms with Crippen molar-refractivity contribution in [2.75, 3.05) is 14.2 Å². The molecule has 1 heterocycles. The van der Waals surface area contributed by atoms with E-state index in [4.69, 9.17) is 14.2 Å². The third-order valence-corrected chi connectivity index (χ3v) is 9.35. The number of alkyl carbamates (subject to hydrolysis) is 1. The van der Waals surface area contributed by atoms with Crippen LogP contribution in [0.4, 0.5) is 4.79 Å². The molecule has 0 aliphatic heterocycles. The van der Waals surface area contributed by atoms with E-state index in [1.165, 1.54) is 7.11 Å². The summed E-state index contributed by atoms with van der Waals surface area (Å²) in [6, 6.07) is 14.8. The van der Waals surface area contributed by atoms with E-state index < -0.39 is 47.6 Å². The Morgan fingerprint density at radius 2 is 1.59 bits per heavy atom. The fourth-order valence-corrected chi connectivity index (χ4v) is 6.25. The molecule has 0 radical (unpaired) electrons. The standard InChI is InChI=1S/C38H52N4O8S/c1-9-23(2)32(42-37(47)50-38(4,5)6)34(45)40-29(26-15-17-28(48-7)18-16-26)21-31(43)35-41-30(22-51-35)33(44)39-27(19-24(3)36(46)49-8)20-25-13-11-10-12-14-25/h10-18,22-24,27,29,31-32,43H,9,19-21H2,1-8H3,(H,39,44)(H,40,45)(H,42,47)/t23-,24?,27?,29+,31+,32-/m0/s1. The highest BCUT2D eigenvalue weighted by Gasteiger charge is 2.31. The van der Waals surface area contributed by atoms with E-state index in [0.717, 1.165) is 16.9 Å². The van der Waals surface area contributed by atoms with Gasteiger partial charge < -0.3 is 35.3 Å². The van der Waals surface area contributed by atoms with E-state index in [1.54, 1.807) is 64.5 Å². The molecule has 6 atom stereocenters. The van der Waals surface area contributed by atoms with Gasteiger partial charge in [-0.15, -0.1) is 11.3 Å². The van der Waals surface area contributed by atoms with Crippen LogP contribution in [0.2, 0.25) is 0 Å². The second kappa shape index (κ2) is 19.2. The summed E-state index contributed by atoms with van der Waals surface area (Å²) in [5.74, 6) is -1.28. The molecule has 0 saturated heterocycles. The molecule has 0 aliphatic rings. The monoisotopic (exact) mass is 724 g/mol. The lowest BCUT2D eigenvalue weighted by Gasteiger charge is -2.29. The Balaban J connectivity index is 1.80. The van der Waals surface area contributed by atoms with Gasteiger partial charge in [0.05, 0.1) is 26.2 Å². The Morgan fingerprint density at radius 1 is 0.922 bits per heavy atom. The van der Waals surface area contributed by atoms with Crippen molar-refractivity contribution >= 4 is 35.2 Å². The summed E-state index contributed by atoms with van der Waals surface area (Å²) in [4.78, 5) is 56.5. The van der Waals surface area contributed by atoms with Gasteiger partial charge in [0.25, 0.3) is 5.91 Å². The van der Waals surface area contributed by atoms with Crippen LogP contribution in [0, 0.1) is 11.8 Å². The summed E-state index contributed by atoms with van der Waals surface area (Å²) in [7, 11) is 2.89. The van der Waals surface area contributed by atoms with Gasteiger partial charge in [0.1, 0.15) is 34.2 Å². The molecular weight excluding hydrogens is 673 g/mol. The van der Waals surface area contributed by atoms with Crippen molar-refractivity contribution in [3.05, 3.63) is 81.8 Å². The van der Waals surface area contributed by atoms with Crippen molar-refractivity contribution in [3.63, 3.8) is 0 Å². The number of nitrogens with one attached hydrogen (secondary N) is 3. The van der Waals surface area contributed by atoms with Gasteiger partial charge in [-0.2, -0.15) is 0 Å². The van der Waals surface area contributed by atoms with Crippen molar-refractivity contribution in [1.29, 1.82) is 0 Å². The van der Waals surface area contributed by atoms with Gasteiger partial charge >= 0.3 is 12.1 Å². The molecule has 13 heteroatoms. The summed E-state index contributed by atoms with van der Waals surface area (Å²) in [5.41, 5.74) is 1.07. The van der Waals surface area contributed by atoms with Crippen LogP contribution in [-0.4, -0.2) is 65.9 Å². The Hall–Kier alpha value is -4.49. The predicted octanol–water partition coefficient (Wildman–Crippen LogP) is 5.91. The number of aromatic nitrogens is 1. The van der Waals surface area contributed by atoms with Gasteiger partial charge in [-0.1, -0.05) is 69.7 Å². The van der Waals surface area contributed by atoms with Gasteiger partial charge in [-0.3, -0.25) is 14.4 Å². The maximum absolute atomic E-state index is 13.8. The van der Waals surface area contributed by atoms with E-state index in [0.29, 0.717) is 35.6 Å². The van der Waals surface area contributed by atoms with Crippen molar-refractivity contribution in [1.82, 2.24) is 20.9 Å². The summed E-state index contributed by atoms with van der Waals surface area (Å²) in [5, 5.41) is 22.0. The van der Waals surface area contributed by atoms with Crippen LogP contribution in [0.15, 0.2) is 60.0 Å². The second-order valence-electron chi connectivity index (χ2n) is 13.7. The number of hydrogen-bond acceptors (Lipinski definition) is 10. The van der Waals surface area contributed by atoms with E-state index in [1.807, 2.05) is 44.2 Å². The number of ether oxygens (including phenoxy) is 3. The van der Waals surface area contributed by atoms with E-state index in [9.17, 15) is 24.3 Å². The molecule has 0 fully saturated rings. The number of carbonyl (C=O) groups is 4. The highest BCUT2D eigenvalue weighted by molar-refractivity contribution is 7.09. The number of thiazole rings is 1. The lowest BCUT2D eigenvalue weighted by atomic mass is 9.96. The third-order valence-electron chi connectivity index (χ3n) is 8.40. The zero-order chi connectivity index (χ0) is 37.7. The molecule has 2 aromatic carbocycles. The predicted molar refractivity (Wildman–Crippen MR) is 195 cm³/mol. The summed E-state index contributed by atoms with van der Waals surface area (Å²) in [6.07, 6.45) is -0.359. The molecule has 0 spiro atoms. The average molecular weight is 725 g/mol. The first kappa shape index (κ1) is 40.9. The molecule has 3 rings (SSSR count). The normalized spacial score (nSPS) is 14.9. The number of aliphatic hydroxyl groups excluding tert-OH is 1. The molecule has 0 bridgehead atoms. The summed E-state index contributed by atoms with van der Waals surface area (Å²) < 4.78 is 15.6. The molecular formula is C38H52N4O8S. The topological polar surface area (TPSA) is 165 Å². The number of carbonyl (C=O) groups excluding carboxylic acids is 4. The molecule has 4 N–H and O–H groups in total. The van der Waals surface area contributed by atoms with Crippen LogP contribution in [0.5, 0.6) is 5.75 Å². The second-order valence-corrected chi connectivity index (χ2v) is 14.6. The van der Waals surface area contributed by atoms with Crippen LogP contribution in [0.3, 0.4) is 0 Å². The minimum atomic E-state index is -1.15. The fourth-order valence-electron chi connectivity index (χ4n) is 5.46. The number of rotatable bonds is 17. The molecule has 0 saturated carbocycles. The van der Waals surface area contributed by atoms with Gasteiger partial charge in [-0.05, 0) is 62.8 Å². The zero-order valence-electron chi connectivity index (χ0n) is 30.7. The largest absolute Gasteiger partial charge is 0.497 e. The molecule has 12 nitrogen and oxygen atoms in total. The maximum Gasteiger partial charge on any atom is 0.408 e. The Bertz CT molecular complexity index is 1570. The minimum Gasteiger partial charge on any atom is -0.497 e. The quantitative estimate of drug-likeness (QED) is 0.124. The number of methoxy groups -OCH3 is 2. The van der Waals surface area contributed by atoms with Gasteiger partial charge in [0.15, 0.2) is 0 Å². The molecule has 2 unspecified atom stereocenters. The number of hydrogen-bond donors (Lipinski definition) is 4. The fraction of sp³-hybridized carbons (Fsp3) is 0.500. The highest BCUT2D eigenvalue weighted by Crippen LogP contribution is 2.30. The lowest BCUT2D eigenvalue weighted by molar-refractivity contribution is -0.145. The Morgan fingerprint density at radius 3 is 2.18 bits per heavy atom. The van der Waals surface area contributed by atoms with Crippen LogP contribution in [0.1, 0.15) is 99.6 Å². The van der Waals surface area contributed by atoms with Crippen molar-refractivity contribution in [2.45, 2.75) is 97.1 Å². The van der Waals surface area contributed by atoms with E-state index >= 15 is 0 Å². The van der Waals surface area contributed by atoms with Gasteiger partial charge in [0.2, 0.25) is 5.91 Å². The van der Waals surface area contributed by atoms with Crippen LogP contribution < -0.4 is 20.7 Å². The number of esters is 1. The number of aliphatic hydroxyl groups is 1. The first-order chi connectivity index (χ1) is 24.1. The van der Waals surface area contributed by atoms with E-state index in [2.05, 4.69) is 20.9 Å². The number of nitrogens with zero attached hydrogens (tertiary/aromatic N) is 1. The Kier molecular flexibility index (Phi) is 15.4. The number of benzene rings is 2. The molecule has 278 valence electrons. The highest BCUT2D eigenvalue weighted by atomic mass is 32.1. The average Bonchev–Trinajstić information content (AvgIpc) is 3.60. The maximum atomic E-state index is 13.8. The summed E-state index contributed by atoms with van der Waals surface area (Å²) >= 11 is 1.13. The summed E-state index contributed by atoms with van der Waals surface area (Å²) in [6.45, 7) is 10.8. The third kappa shape index (κ3) is 13.0. The molecule has 0 aliphatic carbocycles. The van der Waals surface area contributed by atoms with Crippen molar-refractivity contribution in [2.24, 2.45) is 11.8 Å². The van der Waals surface area contributed by atoms with E-state index in [-0.39, 0.29) is 30.0 Å². The smallest absolute Gasteiger partial charge is 0.408 e. The minimum absolute atomic E-state index is 0.0274.